The summed E-state index contributed by atoms with van der Waals surface area (Å²) in [4.78, 5) is 49.7. The first-order valence-corrected chi connectivity index (χ1v) is 12.1. The van der Waals surface area contributed by atoms with E-state index in [1.165, 1.54) is 4.90 Å². The van der Waals surface area contributed by atoms with Gasteiger partial charge in [-0.25, -0.2) is 4.98 Å². The highest BCUT2D eigenvalue weighted by molar-refractivity contribution is 6.17. The molecule has 0 fully saturated rings. The highest BCUT2D eigenvalue weighted by Gasteiger charge is 2.48. The van der Waals surface area contributed by atoms with Crippen molar-refractivity contribution in [3.8, 4) is 0 Å². The van der Waals surface area contributed by atoms with Crippen LogP contribution >= 0.6 is 0 Å². The average molecular weight is 495 g/mol. The van der Waals surface area contributed by atoms with Crippen LogP contribution in [0.25, 0.3) is 11.0 Å². The first-order chi connectivity index (χ1) is 17.9. The van der Waals surface area contributed by atoms with E-state index in [4.69, 9.17) is 0 Å². The van der Waals surface area contributed by atoms with E-state index < -0.39 is 6.17 Å². The molecule has 3 aromatic carbocycles. The van der Waals surface area contributed by atoms with Crippen LogP contribution in [0.5, 0.6) is 0 Å². The highest BCUT2D eigenvalue weighted by atomic mass is 16.2. The van der Waals surface area contributed by atoms with Gasteiger partial charge in [0.1, 0.15) is 12.7 Å². The summed E-state index contributed by atoms with van der Waals surface area (Å²) in [5.74, 6) is -0.816. The molecular weight excluding hydrogens is 468 g/mol. The number of nitrogens with one attached hydrogen (secondary N) is 1. The summed E-state index contributed by atoms with van der Waals surface area (Å²) in [6.07, 6.45) is 1.12. The largest absolute Gasteiger partial charge is 0.329 e. The van der Waals surface area contributed by atoms with Crippen LogP contribution in [0.4, 0.5) is 11.4 Å². The molecule has 6 rings (SSSR count). The van der Waals surface area contributed by atoms with Crippen molar-refractivity contribution in [2.45, 2.75) is 12.7 Å². The molecule has 2 aliphatic heterocycles. The Balaban J connectivity index is 1.27. The molecule has 1 aromatic heterocycles. The molecule has 3 amide bonds. The molecule has 186 valence electrons. The number of fused-ring (bicyclic) bond motifs is 6. The molecule has 9 nitrogen and oxygen atoms in total. The SMILES string of the molecule is CN(C)CCn1cnc2cc(NC(=O)CN3C(=O)c4ccccc4N4C(=O)c5ccccc5C34)ccc21. The molecule has 0 aliphatic carbocycles. The van der Waals surface area contributed by atoms with E-state index in [9.17, 15) is 14.4 Å². The predicted octanol–water partition coefficient (Wildman–Crippen LogP) is 3.35. The number of rotatable bonds is 6. The number of para-hydroxylation sites is 1. The van der Waals surface area contributed by atoms with Gasteiger partial charge in [-0.15, -0.1) is 0 Å². The van der Waals surface area contributed by atoms with Gasteiger partial charge in [-0.3, -0.25) is 19.3 Å². The number of likely N-dealkylation sites (N-methyl/N-ethyl adjacent to an activating group) is 1. The van der Waals surface area contributed by atoms with Crippen LogP contribution in [0.2, 0.25) is 0 Å². The molecule has 0 spiro atoms. The minimum absolute atomic E-state index is 0.179. The van der Waals surface area contributed by atoms with Gasteiger partial charge in [-0.1, -0.05) is 30.3 Å². The molecule has 3 heterocycles. The third-order valence-corrected chi connectivity index (χ3v) is 6.89. The minimum Gasteiger partial charge on any atom is -0.329 e. The predicted molar refractivity (Wildman–Crippen MR) is 140 cm³/mol. The smallest absolute Gasteiger partial charge is 0.260 e. The Hall–Kier alpha value is -4.50. The van der Waals surface area contributed by atoms with Gasteiger partial charge in [0.25, 0.3) is 11.8 Å². The normalized spacial score (nSPS) is 16.2. The highest BCUT2D eigenvalue weighted by Crippen LogP contribution is 2.44. The zero-order valence-electron chi connectivity index (χ0n) is 20.6. The molecule has 0 radical (unpaired) electrons. The van der Waals surface area contributed by atoms with Crippen molar-refractivity contribution in [3.63, 3.8) is 0 Å². The van der Waals surface area contributed by atoms with E-state index >= 15 is 0 Å². The molecule has 0 saturated carbocycles. The van der Waals surface area contributed by atoms with Crippen LogP contribution in [-0.2, 0) is 11.3 Å². The molecule has 2 aliphatic rings. The number of carbonyl (C=O) groups is 3. The summed E-state index contributed by atoms with van der Waals surface area (Å²) < 4.78 is 2.08. The van der Waals surface area contributed by atoms with Crippen LogP contribution < -0.4 is 10.2 Å². The fraction of sp³-hybridized carbons (Fsp3) is 0.214. The summed E-state index contributed by atoms with van der Waals surface area (Å²) in [5.41, 5.74) is 4.58. The Bertz CT molecular complexity index is 1560. The van der Waals surface area contributed by atoms with Crippen LogP contribution in [0.1, 0.15) is 32.4 Å². The molecule has 0 bridgehead atoms. The Morgan fingerprint density at radius 3 is 2.54 bits per heavy atom. The van der Waals surface area contributed by atoms with Crippen LogP contribution in [0, 0.1) is 0 Å². The molecule has 9 heteroatoms. The van der Waals surface area contributed by atoms with Crippen molar-refractivity contribution < 1.29 is 14.4 Å². The third kappa shape index (κ3) is 3.84. The standard InChI is InChI=1S/C28H26N6O3/c1-31(2)13-14-32-17-29-22-15-18(11-12-24(22)32)30-25(35)16-33-26-19-7-3-4-8-20(19)28(37)34(26)23-10-6-5-9-21(23)27(33)36/h3-12,15,17,26H,13-14,16H2,1-2H3,(H,30,35). The number of anilines is 2. The molecule has 1 unspecified atom stereocenters. The quantitative estimate of drug-likeness (QED) is 0.444. The fourth-order valence-corrected chi connectivity index (χ4v) is 5.12. The van der Waals surface area contributed by atoms with Gasteiger partial charge in [0.15, 0.2) is 0 Å². The third-order valence-electron chi connectivity index (χ3n) is 6.89. The van der Waals surface area contributed by atoms with Gasteiger partial charge in [-0.05, 0) is 50.5 Å². The fourth-order valence-electron chi connectivity index (χ4n) is 5.12. The number of imidazole rings is 1. The first-order valence-electron chi connectivity index (χ1n) is 12.1. The number of aromatic nitrogens is 2. The Labute approximate surface area is 213 Å². The van der Waals surface area contributed by atoms with Gasteiger partial charge >= 0.3 is 0 Å². The van der Waals surface area contributed by atoms with Crippen molar-refractivity contribution in [1.29, 1.82) is 0 Å². The molecular formula is C28H26N6O3. The van der Waals surface area contributed by atoms with E-state index in [1.807, 2.05) is 44.4 Å². The molecule has 1 N–H and O–H groups in total. The van der Waals surface area contributed by atoms with Crippen molar-refractivity contribution in [1.82, 2.24) is 19.4 Å². The van der Waals surface area contributed by atoms with Gasteiger partial charge in [-0.2, -0.15) is 0 Å². The number of benzene rings is 3. The number of amides is 3. The second kappa shape index (κ2) is 8.86. The summed E-state index contributed by atoms with van der Waals surface area (Å²) in [6.45, 7) is 1.50. The molecule has 4 aromatic rings. The number of hydrogen-bond donors (Lipinski definition) is 1. The lowest BCUT2D eigenvalue weighted by atomic mass is 10.0. The van der Waals surface area contributed by atoms with Gasteiger partial charge in [0, 0.05) is 29.9 Å². The molecule has 37 heavy (non-hydrogen) atoms. The summed E-state index contributed by atoms with van der Waals surface area (Å²) >= 11 is 0. The van der Waals surface area contributed by atoms with E-state index in [-0.39, 0.29) is 24.3 Å². The monoisotopic (exact) mass is 494 g/mol. The second-order valence-electron chi connectivity index (χ2n) is 9.58. The van der Waals surface area contributed by atoms with Crippen LogP contribution in [0.15, 0.2) is 73.1 Å². The maximum Gasteiger partial charge on any atom is 0.260 e. The summed E-state index contributed by atoms with van der Waals surface area (Å²) in [5, 5.41) is 2.91. The van der Waals surface area contributed by atoms with Crippen molar-refractivity contribution >= 4 is 40.1 Å². The lowest BCUT2D eigenvalue weighted by Crippen LogP contribution is -2.50. The van der Waals surface area contributed by atoms with E-state index in [0.717, 1.165) is 24.1 Å². The van der Waals surface area contributed by atoms with E-state index in [1.54, 1.807) is 47.6 Å². The first kappa shape index (κ1) is 22.9. The zero-order valence-corrected chi connectivity index (χ0v) is 20.6. The Morgan fingerprint density at radius 2 is 1.73 bits per heavy atom. The number of carbonyl (C=O) groups excluding carboxylic acids is 3. The van der Waals surface area contributed by atoms with Crippen molar-refractivity contribution in [3.05, 3.63) is 89.7 Å². The average Bonchev–Trinajstić information content (AvgIpc) is 3.43. The maximum atomic E-state index is 13.5. The number of hydrogen-bond acceptors (Lipinski definition) is 5. The Kier molecular flexibility index (Phi) is 5.49. The van der Waals surface area contributed by atoms with Crippen LogP contribution in [-0.4, -0.2) is 64.3 Å². The van der Waals surface area contributed by atoms with Crippen molar-refractivity contribution in [2.24, 2.45) is 0 Å². The molecule has 0 saturated heterocycles. The maximum absolute atomic E-state index is 13.5. The lowest BCUT2D eigenvalue weighted by Gasteiger charge is -2.40. The van der Waals surface area contributed by atoms with Gasteiger partial charge < -0.3 is 19.7 Å². The molecule has 1 atom stereocenters. The van der Waals surface area contributed by atoms with E-state index in [2.05, 4.69) is 19.8 Å². The Morgan fingerprint density at radius 1 is 0.973 bits per heavy atom. The zero-order chi connectivity index (χ0) is 25.7. The number of nitrogens with zero attached hydrogens (tertiary/aromatic N) is 5. The lowest BCUT2D eigenvalue weighted by molar-refractivity contribution is -0.117. The summed E-state index contributed by atoms with van der Waals surface area (Å²) in [6, 6.07) is 19.9. The van der Waals surface area contributed by atoms with Crippen LogP contribution in [0.3, 0.4) is 0 Å². The van der Waals surface area contributed by atoms with Crippen molar-refractivity contribution in [2.75, 3.05) is 37.4 Å². The van der Waals surface area contributed by atoms with Gasteiger partial charge in [0.05, 0.1) is 28.6 Å². The minimum atomic E-state index is -0.674. The topological polar surface area (TPSA) is 90.8 Å². The van der Waals surface area contributed by atoms with E-state index in [0.29, 0.717) is 28.1 Å². The second-order valence-corrected chi connectivity index (χ2v) is 9.58. The summed E-state index contributed by atoms with van der Waals surface area (Å²) in [7, 11) is 4.05. The van der Waals surface area contributed by atoms with Gasteiger partial charge in [0.2, 0.25) is 5.91 Å².